The molecule has 1 amide bonds. The smallest absolute Gasteiger partial charge is 0.243 e. The van der Waals surface area contributed by atoms with Crippen LogP contribution in [0.2, 0.25) is 5.15 Å². The lowest BCUT2D eigenvalue weighted by atomic mass is 10.1. The number of hydrogen-bond acceptors (Lipinski definition) is 5. The van der Waals surface area contributed by atoms with Crippen LogP contribution < -0.4 is 14.9 Å². The van der Waals surface area contributed by atoms with E-state index in [0.717, 1.165) is 11.8 Å². The number of pyridine rings is 1. The van der Waals surface area contributed by atoms with Crippen molar-refractivity contribution in [2.24, 2.45) is 11.0 Å². The van der Waals surface area contributed by atoms with Crippen LogP contribution in [0.5, 0.6) is 11.5 Å². The van der Waals surface area contributed by atoms with Crippen molar-refractivity contribution in [1.29, 1.82) is 0 Å². The van der Waals surface area contributed by atoms with Crippen LogP contribution in [0.15, 0.2) is 53.6 Å². The normalized spacial score (nSPS) is 20.0. The lowest BCUT2D eigenvalue weighted by Crippen LogP contribution is -2.20. The van der Waals surface area contributed by atoms with Gasteiger partial charge in [0.25, 0.3) is 0 Å². The minimum Gasteiger partial charge on any atom is -0.486 e. The maximum Gasteiger partial charge on any atom is 0.243 e. The summed E-state index contributed by atoms with van der Waals surface area (Å²) < 4.78 is 11.2. The van der Waals surface area contributed by atoms with Crippen LogP contribution in [0, 0.1) is 5.92 Å². The molecule has 1 aliphatic carbocycles. The van der Waals surface area contributed by atoms with Gasteiger partial charge in [0.15, 0.2) is 11.5 Å². The molecule has 1 aromatic heterocycles. The third-order valence-electron chi connectivity index (χ3n) is 5.19. The Bertz CT molecular complexity index is 1120. The second kappa shape index (κ2) is 7.37. The molecule has 2 heterocycles. The van der Waals surface area contributed by atoms with E-state index in [1.807, 2.05) is 36.4 Å². The molecule has 1 aliphatic heterocycles. The van der Waals surface area contributed by atoms with Crippen molar-refractivity contribution in [3.63, 3.8) is 0 Å². The Kier molecular flexibility index (Phi) is 4.56. The fraction of sp³-hybridized carbons (Fsp3) is 0.227. The minimum absolute atomic E-state index is 0.0385. The van der Waals surface area contributed by atoms with Crippen molar-refractivity contribution >= 4 is 34.6 Å². The first kappa shape index (κ1) is 17.9. The summed E-state index contributed by atoms with van der Waals surface area (Å²) in [6.45, 7) is 1.04. The van der Waals surface area contributed by atoms with Crippen molar-refractivity contribution < 1.29 is 14.3 Å². The molecule has 0 spiro atoms. The summed E-state index contributed by atoms with van der Waals surface area (Å²) >= 11 is 6.29. The monoisotopic (exact) mass is 407 g/mol. The van der Waals surface area contributed by atoms with Gasteiger partial charge in [-0.1, -0.05) is 41.9 Å². The molecule has 6 nitrogen and oxygen atoms in total. The van der Waals surface area contributed by atoms with Crippen molar-refractivity contribution in [3.8, 4) is 11.5 Å². The van der Waals surface area contributed by atoms with Gasteiger partial charge in [-0.05, 0) is 30.0 Å². The first-order valence-corrected chi connectivity index (χ1v) is 9.84. The highest BCUT2D eigenvalue weighted by Crippen LogP contribution is 2.47. The lowest BCUT2D eigenvalue weighted by Gasteiger charge is -2.18. The molecular weight excluding hydrogens is 390 g/mol. The zero-order valence-electron chi connectivity index (χ0n) is 15.5. The van der Waals surface area contributed by atoms with Gasteiger partial charge in [0.1, 0.15) is 18.4 Å². The average molecular weight is 408 g/mol. The third kappa shape index (κ3) is 3.63. The second-order valence-corrected chi connectivity index (χ2v) is 7.51. The quantitative estimate of drug-likeness (QED) is 0.404. The number of amides is 1. The van der Waals surface area contributed by atoms with E-state index >= 15 is 0 Å². The molecule has 1 saturated carbocycles. The van der Waals surface area contributed by atoms with Crippen LogP contribution in [0.25, 0.3) is 10.9 Å². The molecule has 1 fully saturated rings. The van der Waals surface area contributed by atoms with E-state index in [-0.39, 0.29) is 17.7 Å². The van der Waals surface area contributed by atoms with Crippen LogP contribution in [0.4, 0.5) is 0 Å². The Morgan fingerprint density at radius 2 is 1.90 bits per heavy atom. The summed E-state index contributed by atoms with van der Waals surface area (Å²) in [5.41, 5.74) is 5.13. The zero-order valence-corrected chi connectivity index (χ0v) is 16.2. The van der Waals surface area contributed by atoms with Crippen molar-refractivity contribution in [1.82, 2.24) is 10.4 Å². The Balaban J connectivity index is 1.29. The molecule has 2 aliphatic rings. The van der Waals surface area contributed by atoms with Gasteiger partial charge in [-0.15, -0.1) is 0 Å². The van der Waals surface area contributed by atoms with Crippen LogP contribution in [-0.2, 0) is 4.79 Å². The summed E-state index contributed by atoms with van der Waals surface area (Å²) in [6, 6.07) is 15.6. The van der Waals surface area contributed by atoms with E-state index in [0.29, 0.717) is 40.9 Å². The maximum atomic E-state index is 12.3. The number of aromatic nitrogens is 1. The molecule has 3 aromatic rings. The fourth-order valence-corrected chi connectivity index (χ4v) is 3.79. The molecule has 5 rings (SSSR count). The Hall–Kier alpha value is -3.12. The van der Waals surface area contributed by atoms with Crippen LogP contribution in [0.1, 0.15) is 23.5 Å². The standard InChI is InChI=1S/C22H18ClN3O3/c23-21-15(8-14-9-19-20(11-18(14)25-21)29-7-6-28-19)12-24-26-22(27)17-10-16(17)13-4-2-1-3-5-13/h1-5,8-9,11-12,16-17H,6-7,10H2,(H,26,27). The first-order valence-electron chi connectivity index (χ1n) is 9.47. The van der Waals surface area contributed by atoms with E-state index in [1.165, 1.54) is 11.8 Å². The molecule has 0 saturated heterocycles. The molecule has 0 radical (unpaired) electrons. The maximum absolute atomic E-state index is 12.3. The third-order valence-corrected chi connectivity index (χ3v) is 5.50. The highest BCUT2D eigenvalue weighted by molar-refractivity contribution is 6.32. The molecule has 29 heavy (non-hydrogen) atoms. The van der Waals surface area contributed by atoms with Gasteiger partial charge in [-0.2, -0.15) is 5.10 Å². The Morgan fingerprint density at radius 3 is 2.69 bits per heavy atom. The van der Waals surface area contributed by atoms with Crippen molar-refractivity contribution in [2.45, 2.75) is 12.3 Å². The zero-order chi connectivity index (χ0) is 19.8. The summed E-state index contributed by atoms with van der Waals surface area (Å²) in [5, 5.41) is 5.25. The van der Waals surface area contributed by atoms with Crippen LogP contribution >= 0.6 is 11.6 Å². The first-order chi connectivity index (χ1) is 14.2. The van der Waals surface area contributed by atoms with E-state index in [2.05, 4.69) is 27.6 Å². The van der Waals surface area contributed by atoms with Gasteiger partial charge >= 0.3 is 0 Å². The molecule has 2 unspecified atom stereocenters. The topological polar surface area (TPSA) is 72.8 Å². The number of carbonyl (C=O) groups excluding carboxylic acids is 1. The van der Waals surface area contributed by atoms with Gasteiger partial charge < -0.3 is 9.47 Å². The molecule has 2 atom stereocenters. The fourth-order valence-electron chi connectivity index (χ4n) is 3.60. The van der Waals surface area contributed by atoms with Crippen molar-refractivity contribution in [3.05, 3.63) is 64.8 Å². The SMILES string of the molecule is O=C(NN=Cc1cc2cc3c(cc2nc1Cl)OCCO3)C1CC1c1ccccc1. The van der Waals surface area contributed by atoms with Crippen molar-refractivity contribution in [2.75, 3.05) is 13.2 Å². The lowest BCUT2D eigenvalue weighted by molar-refractivity contribution is -0.122. The number of benzene rings is 2. The van der Waals surface area contributed by atoms with Gasteiger partial charge in [0.05, 0.1) is 11.7 Å². The van der Waals surface area contributed by atoms with Gasteiger partial charge in [0.2, 0.25) is 5.91 Å². The Morgan fingerprint density at radius 1 is 1.14 bits per heavy atom. The number of fused-ring (bicyclic) bond motifs is 2. The van der Waals surface area contributed by atoms with E-state index in [1.54, 1.807) is 0 Å². The summed E-state index contributed by atoms with van der Waals surface area (Å²) in [4.78, 5) is 16.7. The largest absolute Gasteiger partial charge is 0.486 e. The number of carbonyl (C=O) groups is 1. The number of hydrazone groups is 1. The van der Waals surface area contributed by atoms with Gasteiger partial charge in [-0.25, -0.2) is 10.4 Å². The molecular formula is C22H18ClN3O3. The predicted molar refractivity (Wildman–Crippen MR) is 111 cm³/mol. The Labute approximate surface area is 172 Å². The summed E-state index contributed by atoms with van der Waals surface area (Å²) in [6.07, 6.45) is 2.36. The van der Waals surface area contributed by atoms with Crippen LogP contribution in [0.3, 0.4) is 0 Å². The molecule has 0 bridgehead atoms. The number of hydrogen-bond donors (Lipinski definition) is 1. The second-order valence-electron chi connectivity index (χ2n) is 7.15. The van der Waals surface area contributed by atoms with E-state index in [9.17, 15) is 4.79 Å². The number of nitrogens with zero attached hydrogens (tertiary/aromatic N) is 2. The number of nitrogens with one attached hydrogen (secondary N) is 1. The highest BCUT2D eigenvalue weighted by Gasteiger charge is 2.43. The molecule has 146 valence electrons. The molecule has 1 N–H and O–H groups in total. The number of halogens is 1. The summed E-state index contributed by atoms with van der Waals surface area (Å²) in [7, 11) is 0. The predicted octanol–water partition coefficient (Wildman–Crippen LogP) is 3.91. The van der Waals surface area contributed by atoms with E-state index < -0.39 is 0 Å². The average Bonchev–Trinajstić information content (AvgIpc) is 3.54. The number of ether oxygens (including phenoxy) is 2. The molecule has 7 heteroatoms. The number of rotatable bonds is 4. The molecule has 2 aromatic carbocycles. The van der Waals surface area contributed by atoms with Gasteiger partial charge in [-0.3, -0.25) is 4.79 Å². The highest BCUT2D eigenvalue weighted by atomic mass is 35.5. The van der Waals surface area contributed by atoms with Gasteiger partial charge in [0, 0.05) is 22.9 Å². The van der Waals surface area contributed by atoms with Crippen LogP contribution in [-0.4, -0.2) is 30.3 Å². The minimum atomic E-state index is -0.0837. The summed E-state index contributed by atoms with van der Waals surface area (Å²) in [5.74, 6) is 1.50. The van der Waals surface area contributed by atoms with E-state index in [4.69, 9.17) is 21.1 Å².